The van der Waals surface area contributed by atoms with Crippen LogP contribution in [-0.4, -0.2) is 35.7 Å². The van der Waals surface area contributed by atoms with Crippen molar-refractivity contribution in [3.05, 3.63) is 0 Å². The molecule has 1 radical (unpaired) electrons. The molecule has 0 heterocycles. The molecule has 0 amide bonds. The van der Waals surface area contributed by atoms with Crippen LogP contribution in [0.15, 0.2) is 0 Å². The second-order valence-corrected chi connectivity index (χ2v) is 1.27. The van der Waals surface area contributed by atoms with E-state index in [9.17, 15) is 9.59 Å². The van der Waals surface area contributed by atoms with Gasteiger partial charge in [0.05, 0.1) is 0 Å². The summed E-state index contributed by atoms with van der Waals surface area (Å²) in [7, 11) is 0. The Morgan fingerprint density at radius 2 is 1.88 bits per heavy atom. The van der Waals surface area contributed by atoms with Gasteiger partial charge in [0, 0.05) is 18.9 Å². The SMILES string of the molecule is CC(=O)CC(=O)O.[Li]. The number of hydrogen-bond donors (Lipinski definition) is 1. The fourth-order valence-electron chi connectivity index (χ4n) is 0.213. The first kappa shape index (κ1) is 10.7. The maximum atomic E-state index is 9.87. The van der Waals surface area contributed by atoms with Crippen LogP contribution >= 0.6 is 0 Å². The predicted octanol–water partition coefficient (Wildman–Crippen LogP) is -0.331. The summed E-state index contributed by atoms with van der Waals surface area (Å²) in [5, 5.41) is 7.86. The van der Waals surface area contributed by atoms with Gasteiger partial charge in [-0.3, -0.25) is 9.59 Å². The van der Waals surface area contributed by atoms with Gasteiger partial charge in [-0.15, -0.1) is 0 Å². The van der Waals surface area contributed by atoms with Crippen LogP contribution in [0.5, 0.6) is 0 Å². The predicted molar refractivity (Wildman–Crippen MR) is 28.7 cm³/mol. The zero-order valence-corrected chi connectivity index (χ0v) is 4.97. The quantitative estimate of drug-likeness (QED) is 0.390. The van der Waals surface area contributed by atoms with Crippen LogP contribution in [0, 0.1) is 0 Å². The first-order valence-electron chi connectivity index (χ1n) is 1.84. The van der Waals surface area contributed by atoms with Gasteiger partial charge >= 0.3 is 5.97 Å². The van der Waals surface area contributed by atoms with Crippen molar-refractivity contribution >= 4 is 30.6 Å². The van der Waals surface area contributed by atoms with Crippen molar-refractivity contribution in [1.29, 1.82) is 0 Å². The summed E-state index contributed by atoms with van der Waals surface area (Å²) >= 11 is 0. The molecule has 0 fully saturated rings. The van der Waals surface area contributed by atoms with Gasteiger partial charge in [0.2, 0.25) is 0 Å². The van der Waals surface area contributed by atoms with Crippen LogP contribution in [0.1, 0.15) is 13.3 Å². The summed E-state index contributed by atoms with van der Waals surface area (Å²) < 4.78 is 0. The molecular formula is C4H6LiO3. The molecule has 0 aromatic carbocycles. The Bertz CT molecular complexity index is 87.5. The molecule has 0 aromatic rings. The summed E-state index contributed by atoms with van der Waals surface area (Å²) in [6.07, 6.45) is -0.361. The van der Waals surface area contributed by atoms with E-state index >= 15 is 0 Å². The smallest absolute Gasteiger partial charge is 0.310 e. The summed E-state index contributed by atoms with van der Waals surface area (Å²) in [5.74, 6) is -1.37. The summed E-state index contributed by atoms with van der Waals surface area (Å²) in [6.45, 7) is 1.24. The molecule has 8 heavy (non-hydrogen) atoms. The fourth-order valence-corrected chi connectivity index (χ4v) is 0.213. The van der Waals surface area contributed by atoms with E-state index < -0.39 is 5.97 Å². The van der Waals surface area contributed by atoms with Crippen molar-refractivity contribution in [3.63, 3.8) is 0 Å². The summed E-state index contributed by atoms with van der Waals surface area (Å²) in [6, 6.07) is 0. The van der Waals surface area contributed by atoms with Crippen molar-refractivity contribution in [3.8, 4) is 0 Å². The number of carboxylic acid groups (broad SMARTS) is 1. The summed E-state index contributed by atoms with van der Waals surface area (Å²) in [5.41, 5.74) is 0. The monoisotopic (exact) mass is 109 g/mol. The molecule has 0 unspecified atom stereocenters. The van der Waals surface area contributed by atoms with E-state index in [2.05, 4.69) is 0 Å². The van der Waals surface area contributed by atoms with E-state index in [1.165, 1.54) is 6.92 Å². The van der Waals surface area contributed by atoms with Crippen LogP contribution in [0.3, 0.4) is 0 Å². The molecule has 0 bridgehead atoms. The third-order valence-corrected chi connectivity index (χ3v) is 0.400. The van der Waals surface area contributed by atoms with Crippen molar-refractivity contribution in [2.24, 2.45) is 0 Å². The molecule has 4 heteroatoms. The van der Waals surface area contributed by atoms with E-state index in [4.69, 9.17) is 5.11 Å². The third kappa shape index (κ3) is 9.22. The average molecular weight is 109 g/mol. The van der Waals surface area contributed by atoms with Gasteiger partial charge < -0.3 is 5.11 Å². The molecule has 41 valence electrons. The number of carboxylic acids is 1. The van der Waals surface area contributed by atoms with Gasteiger partial charge in [-0.2, -0.15) is 0 Å². The number of carbonyl (C=O) groups excluding carboxylic acids is 1. The maximum Gasteiger partial charge on any atom is 0.310 e. The number of ketones is 1. The molecule has 0 saturated carbocycles. The van der Waals surface area contributed by atoms with Gasteiger partial charge in [-0.1, -0.05) is 0 Å². The zero-order valence-electron chi connectivity index (χ0n) is 4.97. The van der Waals surface area contributed by atoms with Crippen molar-refractivity contribution in [2.75, 3.05) is 0 Å². The Hall–Kier alpha value is -0.263. The molecule has 0 rings (SSSR count). The Morgan fingerprint density at radius 1 is 1.50 bits per heavy atom. The van der Waals surface area contributed by atoms with Crippen molar-refractivity contribution in [1.82, 2.24) is 0 Å². The minimum atomic E-state index is -1.06. The molecule has 0 aliphatic carbocycles. The molecule has 1 N–H and O–H groups in total. The van der Waals surface area contributed by atoms with Crippen molar-refractivity contribution < 1.29 is 14.7 Å². The van der Waals surface area contributed by atoms with Crippen LogP contribution < -0.4 is 0 Å². The van der Waals surface area contributed by atoms with Crippen LogP contribution in [0.2, 0.25) is 0 Å². The Labute approximate surface area is 59.2 Å². The molecule has 0 aliphatic rings. The van der Waals surface area contributed by atoms with Gasteiger partial charge in [-0.05, 0) is 6.92 Å². The van der Waals surface area contributed by atoms with E-state index in [0.717, 1.165) is 0 Å². The first-order valence-corrected chi connectivity index (χ1v) is 1.84. The summed E-state index contributed by atoms with van der Waals surface area (Å²) in [4.78, 5) is 19.5. The van der Waals surface area contributed by atoms with E-state index in [0.29, 0.717) is 0 Å². The van der Waals surface area contributed by atoms with Crippen LogP contribution in [0.4, 0.5) is 0 Å². The largest absolute Gasteiger partial charge is 0.481 e. The fraction of sp³-hybridized carbons (Fsp3) is 0.500. The molecule has 0 aromatic heterocycles. The third-order valence-electron chi connectivity index (χ3n) is 0.400. The Morgan fingerprint density at radius 3 is 1.88 bits per heavy atom. The number of hydrogen-bond acceptors (Lipinski definition) is 2. The zero-order chi connectivity index (χ0) is 5.86. The molecule has 0 aliphatic heterocycles. The second-order valence-electron chi connectivity index (χ2n) is 1.27. The van der Waals surface area contributed by atoms with Gasteiger partial charge in [-0.25, -0.2) is 0 Å². The minimum Gasteiger partial charge on any atom is -0.481 e. The molecule has 0 saturated heterocycles. The van der Waals surface area contributed by atoms with Gasteiger partial charge in [0.15, 0.2) is 0 Å². The minimum absolute atomic E-state index is 0. The maximum absolute atomic E-state index is 9.87. The van der Waals surface area contributed by atoms with Crippen LogP contribution in [-0.2, 0) is 9.59 Å². The number of Topliss-reactive ketones (excluding diaryl/α,β-unsaturated/α-hetero) is 1. The molecule has 0 spiro atoms. The van der Waals surface area contributed by atoms with Gasteiger partial charge in [0.25, 0.3) is 0 Å². The normalized spacial score (nSPS) is 7.12. The number of carbonyl (C=O) groups is 2. The molecular weight excluding hydrogens is 103 g/mol. The van der Waals surface area contributed by atoms with E-state index in [-0.39, 0.29) is 31.1 Å². The van der Waals surface area contributed by atoms with Crippen LogP contribution in [0.25, 0.3) is 0 Å². The van der Waals surface area contributed by atoms with E-state index in [1.807, 2.05) is 0 Å². The number of rotatable bonds is 2. The topological polar surface area (TPSA) is 54.4 Å². The Kier molecular flexibility index (Phi) is 6.52. The molecule has 3 nitrogen and oxygen atoms in total. The number of aliphatic carboxylic acids is 1. The second kappa shape index (κ2) is 4.89. The molecule has 0 atom stereocenters. The van der Waals surface area contributed by atoms with E-state index in [1.54, 1.807) is 0 Å². The first-order chi connectivity index (χ1) is 3.13. The van der Waals surface area contributed by atoms with Gasteiger partial charge in [0.1, 0.15) is 12.2 Å². The average Bonchev–Trinajstić information content (AvgIpc) is 1.27. The van der Waals surface area contributed by atoms with Crippen molar-refractivity contribution in [2.45, 2.75) is 13.3 Å². The Balaban J connectivity index is 0. The standard InChI is InChI=1S/C4H6O3.Li/c1-3(5)2-4(6)7;/h2H2,1H3,(H,6,7);.